The predicted molar refractivity (Wildman–Crippen MR) is 98.3 cm³/mol. The van der Waals surface area contributed by atoms with Crippen LogP contribution in [0.4, 0.5) is 0 Å². The third kappa shape index (κ3) is 3.04. The second-order valence-electron chi connectivity index (χ2n) is 6.96. The lowest BCUT2D eigenvalue weighted by molar-refractivity contribution is 0.175. The first-order valence-corrected chi connectivity index (χ1v) is 9.08. The molecule has 2 aromatic heterocycles. The minimum Gasteiger partial charge on any atom is -0.335 e. The van der Waals surface area contributed by atoms with Gasteiger partial charge in [-0.25, -0.2) is 4.98 Å². The molecule has 1 fully saturated rings. The molecule has 1 atom stereocenters. The molecule has 1 aliphatic heterocycles. The van der Waals surface area contributed by atoms with E-state index in [1.54, 1.807) is 0 Å². The maximum atomic E-state index is 5.33. The molecule has 0 radical (unpaired) electrons. The zero-order valence-corrected chi connectivity index (χ0v) is 15.1. The van der Waals surface area contributed by atoms with Crippen molar-refractivity contribution in [3.8, 4) is 11.3 Å². The van der Waals surface area contributed by atoms with Gasteiger partial charge in [0.1, 0.15) is 5.82 Å². The number of likely N-dealkylation sites (tertiary alicyclic amines) is 1. The van der Waals surface area contributed by atoms with Gasteiger partial charge in [0.25, 0.3) is 5.71 Å². The van der Waals surface area contributed by atoms with E-state index in [-0.39, 0.29) is 0 Å². The molecular formula is C20H24N4O. The molecule has 3 aromatic rings. The number of hydrogen-bond donors (Lipinski definition) is 0. The number of fused-ring (bicyclic) bond motifs is 1. The summed E-state index contributed by atoms with van der Waals surface area (Å²) in [5.41, 5.74) is 4.73. The molecular weight excluding hydrogens is 312 g/mol. The number of piperidine rings is 1. The van der Waals surface area contributed by atoms with Crippen LogP contribution in [0.15, 0.2) is 28.8 Å². The van der Waals surface area contributed by atoms with Crippen LogP contribution in [-0.4, -0.2) is 33.1 Å². The summed E-state index contributed by atoms with van der Waals surface area (Å²) in [6.07, 6.45) is 3.99. The fourth-order valence-electron chi connectivity index (χ4n) is 3.74. The van der Waals surface area contributed by atoms with Crippen LogP contribution < -0.4 is 0 Å². The minimum atomic E-state index is 0.457. The maximum absolute atomic E-state index is 5.33. The van der Waals surface area contributed by atoms with Crippen LogP contribution in [0.5, 0.6) is 0 Å². The van der Waals surface area contributed by atoms with Crippen molar-refractivity contribution in [2.24, 2.45) is 0 Å². The summed E-state index contributed by atoms with van der Waals surface area (Å²) in [6, 6.07) is 9.22. The average Bonchev–Trinajstić information content (AvgIpc) is 3.02. The lowest BCUT2D eigenvalue weighted by atomic mass is 10.00. The molecule has 1 unspecified atom stereocenters. The van der Waals surface area contributed by atoms with Crippen molar-refractivity contribution < 1.29 is 4.52 Å². The smallest absolute Gasteiger partial charge is 0.261 e. The molecule has 0 N–H and O–H groups in total. The molecule has 0 amide bonds. The first kappa shape index (κ1) is 16.2. The lowest BCUT2D eigenvalue weighted by Crippen LogP contribution is -2.32. The van der Waals surface area contributed by atoms with Gasteiger partial charge < -0.3 is 4.52 Å². The largest absolute Gasteiger partial charge is 0.335 e. The summed E-state index contributed by atoms with van der Waals surface area (Å²) in [5.74, 6) is 0.699. The van der Waals surface area contributed by atoms with Gasteiger partial charge in [0.15, 0.2) is 0 Å². The Hall–Kier alpha value is -2.27. The van der Waals surface area contributed by atoms with E-state index < -0.39 is 0 Å². The zero-order valence-electron chi connectivity index (χ0n) is 15.1. The van der Waals surface area contributed by atoms with Crippen LogP contribution in [0.25, 0.3) is 22.4 Å². The Morgan fingerprint density at radius 3 is 2.44 bits per heavy atom. The molecule has 0 saturated carbocycles. The predicted octanol–water partition coefficient (Wildman–Crippen LogP) is 4.45. The fourth-order valence-corrected chi connectivity index (χ4v) is 3.74. The van der Waals surface area contributed by atoms with Gasteiger partial charge in [-0.3, -0.25) is 4.90 Å². The highest BCUT2D eigenvalue weighted by Gasteiger charge is 2.19. The summed E-state index contributed by atoms with van der Waals surface area (Å²) in [6.45, 7) is 8.52. The summed E-state index contributed by atoms with van der Waals surface area (Å²) < 4.78 is 5.33. The average molecular weight is 336 g/mol. The molecule has 1 aromatic carbocycles. The van der Waals surface area contributed by atoms with Gasteiger partial charge in [0.05, 0.1) is 16.8 Å². The van der Waals surface area contributed by atoms with Crippen LogP contribution in [0.2, 0.25) is 0 Å². The summed E-state index contributed by atoms with van der Waals surface area (Å²) in [7, 11) is 0. The Bertz CT molecular complexity index is 879. The summed E-state index contributed by atoms with van der Waals surface area (Å²) in [5, 5.41) is 4.95. The van der Waals surface area contributed by atoms with E-state index in [0.29, 0.717) is 17.6 Å². The van der Waals surface area contributed by atoms with Crippen molar-refractivity contribution in [2.75, 3.05) is 13.1 Å². The summed E-state index contributed by atoms with van der Waals surface area (Å²) in [4.78, 5) is 11.6. The molecule has 1 aliphatic rings. The van der Waals surface area contributed by atoms with Crippen LogP contribution in [0.3, 0.4) is 0 Å². The van der Waals surface area contributed by atoms with Crippen LogP contribution in [-0.2, 0) is 0 Å². The highest BCUT2D eigenvalue weighted by molar-refractivity contribution is 5.91. The SMILES string of the molecule is Cc1nc(-c2ccc(C(C)N3CCCCC3)cc2)c2c(C)noc2n1. The van der Waals surface area contributed by atoms with Gasteiger partial charge in [-0.15, -0.1) is 0 Å². The highest BCUT2D eigenvalue weighted by atomic mass is 16.5. The van der Waals surface area contributed by atoms with Crippen molar-refractivity contribution >= 4 is 11.1 Å². The van der Waals surface area contributed by atoms with Crippen molar-refractivity contribution in [3.05, 3.63) is 41.3 Å². The molecule has 3 heterocycles. The van der Waals surface area contributed by atoms with Gasteiger partial charge in [-0.1, -0.05) is 35.8 Å². The molecule has 4 rings (SSSR count). The molecule has 1 saturated heterocycles. The Morgan fingerprint density at radius 1 is 1.00 bits per heavy atom. The quantitative estimate of drug-likeness (QED) is 0.707. The second kappa shape index (κ2) is 6.56. The molecule has 0 spiro atoms. The number of aromatic nitrogens is 3. The van der Waals surface area contributed by atoms with Gasteiger partial charge in [0.2, 0.25) is 0 Å². The first-order valence-electron chi connectivity index (χ1n) is 9.08. The van der Waals surface area contributed by atoms with E-state index in [0.717, 1.165) is 22.3 Å². The maximum Gasteiger partial charge on any atom is 0.261 e. The Morgan fingerprint density at radius 2 is 1.72 bits per heavy atom. The van der Waals surface area contributed by atoms with E-state index in [4.69, 9.17) is 4.52 Å². The van der Waals surface area contributed by atoms with E-state index in [1.165, 1.54) is 37.9 Å². The van der Waals surface area contributed by atoms with Gasteiger partial charge in [-0.05, 0) is 52.3 Å². The summed E-state index contributed by atoms with van der Waals surface area (Å²) >= 11 is 0. The van der Waals surface area contributed by atoms with Crippen molar-refractivity contribution in [2.45, 2.75) is 46.1 Å². The fraction of sp³-hybridized carbons (Fsp3) is 0.450. The molecule has 0 aliphatic carbocycles. The molecule has 5 nitrogen and oxygen atoms in total. The van der Waals surface area contributed by atoms with Gasteiger partial charge >= 0.3 is 0 Å². The number of benzene rings is 1. The van der Waals surface area contributed by atoms with E-state index in [9.17, 15) is 0 Å². The third-order valence-electron chi connectivity index (χ3n) is 5.22. The van der Waals surface area contributed by atoms with E-state index >= 15 is 0 Å². The topological polar surface area (TPSA) is 55.1 Å². The first-order chi connectivity index (χ1) is 12.1. The molecule has 130 valence electrons. The number of rotatable bonds is 3. The van der Waals surface area contributed by atoms with E-state index in [2.05, 4.69) is 51.2 Å². The monoisotopic (exact) mass is 336 g/mol. The molecule has 0 bridgehead atoms. The second-order valence-corrected chi connectivity index (χ2v) is 6.96. The van der Waals surface area contributed by atoms with Gasteiger partial charge in [-0.2, -0.15) is 4.98 Å². The van der Waals surface area contributed by atoms with Crippen molar-refractivity contribution in [1.29, 1.82) is 0 Å². The zero-order chi connectivity index (χ0) is 17.4. The van der Waals surface area contributed by atoms with E-state index in [1.807, 2.05) is 13.8 Å². The van der Waals surface area contributed by atoms with Crippen molar-refractivity contribution in [3.63, 3.8) is 0 Å². The number of nitrogens with zero attached hydrogens (tertiary/aromatic N) is 4. The normalized spacial score (nSPS) is 17.1. The number of aryl methyl sites for hydroxylation is 2. The Kier molecular flexibility index (Phi) is 4.25. The Balaban J connectivity index is 1.67. The highest BCUT2D eigenvalue weighted by Crippen LogP contribution is 2.30. The third-order valence-corrected chi connectivity index (χ3v) is 5.22. The van der Waals surface area contributed by atoms with Crippen molar-refractivity contribution in [1.82, 2.24) is 20.0 Å². The lowest BCUT2D eigenvalue weighted by Gasteiger charge is -2.32. The number of hydrogen-bond acceptors (Lipinski definition) is 5. The van der Waals surface area contributed by atoms with Crippen LogP contribution >= 0.6 is 0 Å². The Labute approximate surface area is 148 Å². The standard InChI is InChI=1S/C20H24N4O/c1-13-18-19(21-15(3)22-20(18)25-23-13)17-9-7-16(8-10-17)14(2)24-11-5-4-6-12-24/h7-10,14H,4-6,11-12H2,1-3H3. The minimum absolute atomic E-state index is 0.457. The van der Waals surface area contributed by atoms with Gasteiger partial charge in [0, 0.05) is 11.6 Å². The molecule has 25 heavy (non-hydrogen) atoms. The van der Waals surface area contributed by atoms with Crippen LogP contribution in [0.1, 0.15) is 49.3 Å². The molecule has 5 heteroatoms. The van der Waals surface area contributed by atoms with Crippen LogP contribution in [0, 0.1) is 13.8 Å².